The van der Waals surface area contributed by atoms with E-state index in [2.05, 4.69) is 21.0 Å². The minimum Gasteiger partial charge on any atom is -0.378 e. The number of halogens is 4. The lowest BCUT2D eigenvalue weighted by Gasteiger charge is -2.24. The van der Waals surface area contributed by atoms with Gasteiger partial charge in [0.15, 0.2) is 0 Å². The second-order valence-electron chi connectivity index (χ2n) is 4.77. The van der Waals surface area contributed by atoms with E-state index in [4.69, 9.17) is 4.74 Å². The van der Waals surface area contributed by atoms with Crippen LogP contribution in [-0.2, 0) is 9.53 Å². The first-order valence-electron chi connectivity index (χ1n) is 6.73. The van der Waals surface area contributed by atoms with Gasteiger partial charge in [-0.15, -0.1) is 11.3 Å². The van der Waals surface area contributed by atoms with Crippen LogP contribution < -0.4 is 0 Å². The Morgan fingerprint density at radius 1 is 1.43 bits per heavy atom. The normalized spacial score (nSPS) is 17.5. The Hall–Kier alpha value is -1.19. The Balaban J connectivity index is 2.26. The van der Waals surface area contributed by atoms with Crippen molar-refractivity contribution >= 4 is 44.3 Å². The summed E-state index contributed by atoms with van der Waals surface area (Å²) in [6.07, 6.45) is -4.02. The molecule has 126 valence electrons. The van der Waals surface area contributed by atoms with Crippen LogP contribution in [0.15, 0.2) is 27.1 Å². The molecular weight excluding hydrogens is 397 g/mol. The van der Waals surface area contributed by atoms with Crippen LogP contribution in [0.5, 0.6) is 0 Å². The molecule has 0 saturated carbocycles. The highest BCUT2D eigenvalue weighted by molar-refractivity contribution is 9.10. The summed E-state index contributed by atoms with van der Waals surface area (Å²) in [5.41, 5.74) is -0.956. The molecule has 0 radical (unpaired) electrons. The maximum Gasteiger partial charge on any atom is 0.417 e. The number of hydrogen-bond donors (Lipinski definition) is 0. The fourth-order valence-electron chi connectivity index (χ4n) is 1.91. The molecular formula is C14H14BrF3N2O2S. The highest BCUT2D eigenvalue weighted by Gasteiger charge is 2.37. The summed E-state index contributed by atoms with van der Waals surface area (Å²) in [6, 6.07) is 1.51. The number of carbonyl (C=O) groups is 1. The number of hydrogen-bond acceptors (Lipinski definition) is 5. The quantitative estimate of drug-likeness (QED) is 0.560. The van der Waals surface area contributed by atoms with Gasteiger partial charge in [-0.2, -0.15) is 18.3 Å². The first-order valence-corrected chi connectivity index (χ1v) is 8.41. The predicted molar refractivity (Wildman–Crippen MR) is 86.6 cm³/mol. The number of alkyl halides is 3. The van der Waals surface area contributed by atoms with E-state index in [0.717, 1.165) is 11.3 Å². The SMILES string of the molecule is C/C(=N\N1CCOCC1)C(=O)/C=C(\c1sccc1Br)C(F)(F)F. The lowest BCUT2D eigenvalue weighted by atomic mass is 10.1. The number of carbonyl (C=O) groups excluding carboxylic acids is 1. The lowest BCUT2D eigenvalue weighted by molar-refractivity contribution is -0.109. The van der Waals surface area contributed by atoms with Crippen LogP contribution in [0.4, 0.5) is 13.2 Å². The largest absolute Gasteiger partial charge is 0.417 e. The zero-order valence-corrected chi connectivity index (χ0v) is 14.6. The maximum absolute atomic E-state index is 13.2. The van der Waals surface area contributed by atoms with Gasteiger partial charge in [0.2, 0.25) is 5.78 Å². The van der Waals surface area contributed by atoms with Gasteiger partial charge < -0.3 is 4.74 Å². The van der Waals surface area contributed by atoms with Crippen LogP contribution >= 0.6 is 27.3 Å². The number of nitrogens with zero attached hydrogens (tertiary/aromatic N) is 2. The molecule has 0 aromatic carbocycles. The summed E-state index contributed by atoms with van der Waals surface area (Å²) in [4.78, 5) is 12.1. The highest BCUT2D eigenvalue weighted by atomic mass is 79.9. The van der Waals surface area contributed by atoms with E-state index in [1.54, 1.807) is 5.01 Å². The van der Waals surface area contributed by atoms with E-state index in [9.17, 15) is 18.0 Å². The number of ether oxygens (including phenoxy) is 1. The van der Waals surface area contributed by atoms with Crippen molar-refractivity contribution < 1.29 is 22.7 Å². The molecule has 0 spiro atoms. The van der Waals surface area contributed by atoms with Gasteiger partial charge in [0.05, 0.1) is 36.8 Å². The van der Waals surface area contributed by atoms with Gasteiger partial charge in [-0.05, 0) is 34.3 Å². The van der Waals surface area contributed by atoms with Gasteiger partial charge in [0.1, 0.15) is 5.71 Å². The summed E-state index contributed by atoms with van der Waals surface area (Å²) >= 11 is 3.99. The molecule has 1 saturated heterocycles. The van der Waals surface area contributed by atoms with E-state index in [1.807, 2.05) is 0 Å². The first kappa shape index (κ1) is 18.2. The monoisotopic (exact) mass is 410 g/mol. The third kappa shape index (κ3) is 4.89. The minimum absolute atomic E-state index is 0.0151. The number of allylic oxidation sites excluding steroid dienone is 2. The average Bonchev–Trinajstić information content (AvgIpc) is 2.90. The molecule has 1 fully saturated rings. The molecule has 0 N–H and O–H groups in total. The molecule has 4 nitrogen and oxygen atoms in total. The molecule has 1 aliphatic heterocycles. The fourth-order valence-corrected chi connectivity index (χ4v) is 3.54. The topological polar surface area (TPSA) is 41.9 Å². The molecule has 0 unspecified atom stereocenters. The standard InChI is InChI=1S/C14H14BrF3N2O2S/c1-9(19-20-3-5-22-6-4-20)12(21)8-10(14(16,17)18)13-11(15)2-7-23-13/h2,7-8H,3-6H2,1H3/b10-8+,19-9+. The van der Waals surface area contributed by atoms with Crippen molar-refractivity contribution in [3.8, 4) is 0 Å². The van der Waals surface area contributed by atoms with Crippen LogP contribution in [0, 0.1) is 0 Å². The van der Waals surface area contributed by atoms with Gasteiger partial charge in [0, 0.05) is 10.5 Å². The number of ketones is 1. The Labute approximate surface area is 143 Å². The molecule has 1 aromatic rings. The fraction of sp³-hybridized carbons (Fsp3) is 0.429. The molecule has 0 amide bonds. The summed E-state index contributed by atoms with van der Waals surface area (Å²) < 4.78 is 45.2. The van der Waals surface area contributed by atoms with Crippen molar-refractivity contribution in [2.24, 2.45) is 5.10 Å². The maximum atomic E-state index is 13.2. The molecule has 0 aliphatic carbocycles. The van der Waals surface area contributed by atoms with Crippen LogP contribution in [-0.4, -0.2) is 49.0 Å². The Morgan fingerprint density at radius 2 is 2.09 bits per heavy atom. The number of morpholine rings is 1. The molecule has 2 heterocycles. The second kappa shape index (κ2) is 7.59. The summed E-state index contributed by atoms with van der Waals surface area (Å²) in [5.74, 6) is -0.760. The molecule has 0 bridgehead atoms. The summed E-state index contributed by atoms with van der Waals surface area (Å²) in [7, 11) is 0. The van der Waals surface area contributed by atoms with Gasteiger partial charge in [-0.25, -0.2) is 0 Å². The van der Waals surface area contributed by atoms with Crippen molar-refractivity contribution in [2.75, 3.05) is 26.3 Å². The highest BCUT2D eigenvalue weighted by Crippen LogP contribution is 2.40. The van der Waals surface area contributed by atoms with Gasteiger partial charge >= 0.3 is 6.18 Å². The third-order valence-electron chi connectivity index (χ3n) is 3.08. The van der Waals surface area contributed by atoms with E-state index in [-0.39, 0.29) is 10.6 Å². The van der Waals surface area contributed by atoms with Crippen molar-refractivity contribution in [1.29, 1.82) is 0 Å². The molecule has 1 aliphatic rings. The molecule has 0 atom stereocenters. The van der Waals surface area contributed by atoms with Crippen molar-refractivity contribution in [1.82, 2.24) is 5.01 Å². The van der Waals surface area contributed by atoms with E-state index >= 15 is 0 Å². The zero-order chi connectivity index (χ0) is 17.0. The van der Waals surface area contributed by atoms with Crippen LogP contribution in [0.3, 0.4) is 0 Å². The van der Waals surface area contributed by atoms with Crippen molar-refractivity contribution in [3.05, 3.63) is 26.9 Å². The van der Waals surface area contributed by atoms with Crippen LogP contribution in [0.1, 0.15) is 11.8 Å². The molecule has 23 heavy (non-hydrogen) atoms. The first-order chi connectivity index (χ1) is 10.8. The smallest absolute Gasteiger partial charge is 0.378 e. The van der Waals surface area contributed by atoms with E-state index in [0.29, 0.717) is 36.9 Å². The molecule has 1 aromatic heterocycles. The van der Waals surface area contributed by atoms with Crippen molar-refractivity contribution in [2.45, 2.75) is 13.1 Å². The van der Waals surface area contributed by atoms with Crippen molar-refractivity contribution in [3.63, 3.8) is 0 Å². The minimum atomic E-state index is -4.62. The lowest BCUT2D eigenvalue weighted by Crippen LogP contribution is -2.33. The van der Waals surface area contributed by atoms with E-state index < -0.39 is 17.5 Å². The van der Waals surface area contributed by atoms with Crippen LogP contribution in [0.25, 0.3) is 5.57 Å². The summed E-state index contributed by atoms with van der Waals surface area (Å²) in [6.45, 7) is 3.40. The number of rotatable bonds is 4. The Bertz CT molecular complexity index is 634. The van der Waals surface area contributed by atoms with Gasteiger partial charge in [-0.3, -0.25) is 9.80 Å². The average molecular weight is 411 g/mol. The van der Waals surface area contributed by atoms with Crippen LogP contribution in [0.2, 0.25) is 0 Å². The number of hydrazone groups is 1. The Morgan fingerprint density at radius 3 is 2.61 bits per heavy atom. The molecule has 9 heteroatoms. The zero-order valence-electron chi connectivity index (χ0n) is 12.2. The summed E-state index contributed by atoms with van der Waals surface area (Å²) in [5, 5.41) is 7.22. The van der Waals surface area contributed by atoms with E-state index in [1.165, 1.54) is 18.4 Å². The Kier molecular flexibility index (Phi) is 5.99. The third-order valence-corrected chi connectivity index (χ3v) is 4.95. The predicted octanol–water partition coefficient (Wildman–Crippen LogP) is 3.73. The number of thiophene rings is 1. The van der Waals surface area contributed by atoms with Gasteiger partial charge in [0.25, 0.3) is 0 Å². The van der Waals surface area contributed by atoms with Gasteiger partial charge in [-0.1, -0.05) is 0 Å². The molecule has 2 rings (SSSR count). The second-order valence-corrected chi connectivity index (χ2v) is 6.54.